The van der Waals surface area contributed by atoms with Crippen LogP contribution in [0, 0.1) is 5.82 Å². The van der Waals surface area contributed by atoms with E-state index in [9.17, 15) is 17.6 Å². The van der Waals surface area contributed by atoms with Crippen molar-refractivity contribution in [3.05, 3.63) is 71.0 Å². The molecule has 2 aromatic rings. The van der Waals surface area contributed by atoms with Gasteiger partial charge in [0.05, 0.1) is 12.0 Å². The first kappa shape index (κ1) is 17.6. The first-order valence-corrected chi connectivity index (χ1v) is 10.1. The third-order valence-corrected chi connectivity index (χ3v) is 6.22. The van der Waals surface area contributed by atoms with Crippen LogP contribution in [0.15, 0.2) is 48.5 Å². The van der Waals surface area contributed by atoms with Crippen LogP contribution >= 0.6 is 0 Å². The molecule has 6 heteroatoms. The Morgan fingerprint density at radius 2 is 1.80 bits per heavy atom. The lowest BCUT2D eigenvalue weighted by molar-refractivity contribution is -0.122. The summed E-state index contributed by atoms with van der Waals surface area (Å²) in [7, 11) is -3.37. The summed E-state index contributed by atoms with van der Waals surface area (Å²) in [4.78, 5) is 12.6. The molecule has 0 spiro atoms. The molecule has 0 saturated heterocycles. The maximum atomic E-state index is 13.0. The number of carbonyl (C=O) groups is 1. The summed E-state index contributed by atoms with van der Waals surface area (Å²) in [5.74, 6) is -1.12. The van der Waals surface area contributed by atoms with Crippen molar-refractivity contribution >= 4 is 15.7 Å². The third kappa shape index (κ3) is 3.58. The van der Waals surface area contributed by atoms with Gasteiger partial charge in [0.15, 0.2) is 9.84 Å². The number of hydrogen-bond donors (Lipinski definition) is 1. The van der Waals surface area contributed by atoms with Crippen LogP contribution in [0.2, 0.25) is 0 Å². The Bertz CT molecular complexity index is 893. The van der Waals surface area contributed by atoms with Crippen molar-refractivity contribution in [2.45, 2.75) is 30.6 Å². The molecule has 0 aliphatic heterocycles. The van der Waals surface area contributed by atoms with Gasteiger partial charge in [-0.05, 0) is 42.2 Å². The first-order chi connectivity index (χ1) is 11.8. The molecule has 0 saturated carbocycles. The molecule has 0 heterocycles. The molecule has 0 radical (unpaired) electrons. The maximum Gasteiger partial charge on any atom is 0.227 e. The molecule has 1 N–H and O–H groups in total. The number of carbonyl (C=O) groups excluding carboxylic acids is 1. The lowest BCUT2D eigenvalue weighted by Crippen LogP contribution is -2.41. The van der Waals surface area contributed by atoms with Crippen LogP contribution < -0.4 is 5.32 Å². The average molecular weight is 361 g/mol. The zero-order valence-electron chi connectivity index (χ0n) is 14.1. The summed E-state index contributed by atoms with van der Waals surface area (Å²) in [5, 5.41) is 2.14. The number of hydrogen-bond acceptors (Lipinski definition) is 3. The monoisotopic (exact) mass is 361 g/mol. The highest BCUT2D eigenvalue weighted by Gasteiger charge is 2.40. The predicted molar refractivity (Wildman–Crippen MR) is 94.5 cm³/mol. The van der Waals surface area contributed by atoms with Gasteiger partial charge in [-0.25, -0.2) is 12.8 Å². The quantitative estimate of drug-likeness (QED) is 0.911. The van der Waals surface area contributed by atoms with E-state index in [0.717, 1.165) is 11.1 Å². The van der Waals surface area contributed by atoms with Gasteiger partial charge < -0.3 is 5.32 Å². The van der Waals surface area contributed by atoms with Gasteiger partial charge in [0.1, 0.15) is 11.1 Å². The van der Waals surface area contributed by atoms with Gasteiger partial charge in [-0.1, -0.05) is 36.4 Å². The summed E-state index contributed by atoms with van der Waals surface area (Å²) in [6.07, 6.45) is 1.68. The van der Waals surface area contributed by atoms with E-state index in [2.05, 4.69) is 5.32 Å². The summed E-state index contributed by atoms with van der Waals surface area (Å²) in [5.41, 5.74) is 2.38. The fourth-order valence-electron chi connectivity index (χ4n) is 3.42. The topological polar surface area (TPSA) is 63.2 Å². The van der Waals surface area contributed by atoms with Gasteiger partial charge in [0.2, 0.25) is 5.91 Å². The molecule has 0 bridgehead atoms. The first-order valence-electron chi connectivity index (χ1n) is 8.10. The average Bonchev–Trinajstić information content (AvgIpc) is 2.92. The molecule has 2 aromatic carbocycles. The highest BCUT2D eigenvalue weighted by atomic mass is 32.2. The number of fused-ring (bicyclic) bond motifs is 1. The predicted octanol–water partition coefficient (Wildman–Crippen LogP) is 2.76. The molecule has 1 amide bonds. The number of halogens is 1. The van der Waals surface area contributed by atoms with Crippen molar-refractivity contribution < 1.29 is 17.6 Å². The van der Waals surface area contributed by atoms with E-state index in [-0.39, 0.29) is 11.7 Å². The molecule has 0 aromatic heterocycles. The van der Waals surface area contributed by atoms with Crippen molar-refractivity contribution in [2.75, 3.05) is 6.26 Å². The number of rotatable bonds is 4. The van der Waals surface area contributed by atoms with Gasteiger partial charge in [-0.15, -0.1) is 0 Å². The number of amides is 1. The second kappa shape index (κ2) is 6.59. The zero-order valence-corrected chi connectivity index (χ0v) is 14.9. The second-order valence-corrected chi connectivity index (χ2v) is 8.71. The van der Waals surface area contributed by atoms with Crippen LogP contribution in [0.1, 0.15) is 34.8 Å². The summed E-state index contributed by atoms with van der Waals surface area (Å²) in [6.45, 7) is 1.72. The van der Waals surface area contributed by atoms with E-state index in [1.165, 1.54) is 18.4 Å². The van der Waals surface area contributed by atoms with Crippen molar-refractivity contribution in [1.82, 2.24) is 5.32 Å². The minimum atomic E-state index is -3.37. The minimum Gasteiger partial charge on any atom is -0.351 e. The Kier molecular flexibility index (Phi) is 4.64. The fraction of sp³-hybridized carbons (Fsp3) is 0.316. The number of benzene rings is 2. The molecular formula is C19H20FNO3S. The highest BCUT2D eigenvalue weighted by molar-refractivity contribution is 7.91. The Hall–Kier alpha value is -2.21. The van der Waals surface area contributed by atoms with Gasteiger partial charge in [0.25, 0.3) is 0 Å². The van der Waals surface area contributed by atoms with E-state index in [1.54, 1.807) is 25.1 Å². The molecule has 3 rings (SSSR count). The van der Waals surface area contributed by atoms with Crippen molar-refractivity contribution in [3.8, 4) is 0 Å². The van der Waals surface area contributed by atoms with Crippen LogP contribution in [0.4, 0.5) is 4.39 Å². The Morgan fingerprint density at radius 1 is 1.16 bits per heavy atom. The maximum absolute atomic E-state index is 13.0. The van der Waals surface area contributed by atoms with Crippen LogP contribution in [-0.2, 0) is 21.1 Å². The summed E-state index contributed by atoms with van der Waals surface area (Å²) in [6, 6.07) is 12.6. The standard InChI is InChI=1S/C19H20FNO3S/c1-12(13-7-9-15(20)10-8-13)19(22)21-17-11-14-5-3-4-6-16(14)18(17)25(2,23)24/h3-10,12,17-18H,11H2,1-2H3,(H,21,22)/t12-,17-,18-/m0/s1. The lowest BCUT2D eigenvalue weighted by atomic mass is 10.00. The molecule has 0 fully saturated rings. The van der Waals surface area contributed by atoms with E-state index < -0.39 is 27.0 Å². The Morgan fingerprint density at radius 3 is 2.44 bits per heavy atom. The minimum absolute atomic E-state index is 0.266. The summed E-state index contributed by atoms with van der Waals surface area (Å²) >= 11 is 0. The van der Waals surface area contributed by atoms with Crippen LogP contribution in [0.5, 0.6) is 0 Å². The highest BCUT2D eigenvalue weighted by Crippen LogP contribution is 2.37. The second-order valence-electron chi connectivity index (χ2n) is 6.54. The summed E-state index contributed by atoms with van der Waals surface area (Å²) < 4.78 is 37.6. The smallest absolute Gasteiger partial charge is 0.227 e. The molecule has 3 atom stereocenters. The Balaban J connectivity index is 1.82. The van der Waals surface area contributed by atoms with Crippen molar-refractivity contribution in [1.29, 1.82) is 0 Å². The molecule has 0 unspecified atom stereocenters. The van der Waals surface area contributed by atoms with Gasteiger partial charge in [-0.3, -0.25) is 4.79 Å². The van der Waals surface area contributed by atoms with Gasteiger partial charge >= 0.3 is 0 Å². The molecule has 25 heavy (non-hydrogen) atoms. The van der Waals surface area contributed by atoms with Gasteiger partial charge in [-0.2, -0.15) is 0 Å². The van der Waals surface area contributed by atoms with E-state index in [1.807, 2.05) is 18.2 Å². The molecule has 1 aliphatic carbocycles. The number of sulfone groups is 1. The largest absolute Gasteiger partial charge is 0.351 e. The van der Waals surface area contributed by atoms with E-state index in [0.29, 0.717) is 12.0 Å². The molecular weight excluding hydrogens is 341 g/mol. The van der Waals surface area contributed by atoms with Crippen molar-refractivity contribution in [2.24, 2.45) is 0 Å². The normalized spacial score (nSPS) is 20.8. The van der Waals surface area contributed by atoms with Crippen LogP contribution in [-0.4, -0.2) is 26.6 Å². The number of nitrogens with one attached hydrogen (secondary N) is 1. The third-order valence-electron chi connectivity index (χ3n) is 4.72. The lowest BCUT2D eigenvalue weighted by Gasteiger charge is -2.22. The zero-order chi connectivity index (χ0) is 18.2. The van der Waals surface area contributed by atoms with Gasteiger partial charge in [0, 0.05) is 6.26 Å². The van der Waals surface area contributed by atoms with Crippen LogP contribution in [0.3, 0.4) is 0 Å². The molecule has 4 nitrogen and oxygen atoms in total. The van der Waals surface area contributed by atoms with Crippen molar-refractivity contribution in [3.63, 3.8) is 0 Å². The van der Waals surface area contributed by atoms with E-state index in [4.69, 9.17) is 0 Å². The molecule has 1 aliphatic rings. The Labute approximate surface area is 147 Å². The van der Waals surface area contributed by atoms with Crippen LogP contribution in [0.25, 0.3) is 0 Å². The molecule has 132 valence electrons. The van der Waals surface area contributed by atoms with E-state index >= 15 is 0 Å². The SMILES string of the molecule is C[C@H](C(=O)N[C@H]1Cc2ccccc2[C@@H]1S(C)(=O)=O)c1ccc(F)cc1. The fourth-order valence-corrected chi connectivity index (χ4v) is 4.88.